The Balaban J connectivity index is 1.19. The molecule has 0 bridgehead atoms. The number of halogens is 1. The highest BCUT2D eigenvalue weighted by atomic mass is 32.2. The van der Waals surface area contributed by atoms with Gasteiger partial charge in [0, 0.05) is 30.8 Å². The second-order valence-corrected chi connectivity index (χ2v) is 12.1. The SMILES string of the molecule is CO[C@@H]1CN(c2cccc(-c3ccc4cnc(CNC(=O)c5ccc6c(c5)S(=O)(=O)CCOC6)cc4n3)n2)C[C@@H]1F. The van der Waals surface area contributed by atoms with E-state index in [2.05, 4.69) is 10.3 Å². The van der Waals surface area contributed by atoms with Crippen molar-refractivity contribution in [1.82, 2.24) is 20.3 Å². The lowest BCUT2D eigenvalue weighted by atomic mass is 10.1. The molecule has 1 aromatic carbocycles. The van der Waals surface area contributed by atoms with Crippen LogP contribution < -0.4 is 10.2 Å². The fourth-order valence-electron chi connectivity index (χ4n) is 5.02. The molecule has 5 heterocycles. The highest BCUT2D eigenvalue weighted by Crippen LogP contribution is 2.26. The van der Waals surface area contributed by atoms with Gasteiger partial charge in [0.05, 0.1) is 59.6 Å². The highest BCUT2D eigenvalue weighted by Gasteiger charge is 2.33. The Labute approximate surface area is 236 Å². The van der Waals surface area contributed by atoms with Crippen molar-refractivity contribution < 1.29 is 27.1 Å². The number of pyridine rings is 3. The lowest BCUT2D eigenvalue weighted by Gasteiger charge is -2.17. The predicted molar refractivity (Wildman–Crippen MR) is 150 cm³/mol. The van der Waals surface area contributed by atoms with Crippen LogP contribution >= 0.6 is 0 Å². The quantitative estimate of drug-likeness (QED) is 0.368. The standard InChI is InChI=1S/C29H28FN5O5S/c1-39-26-16-35(15-22(26)30)28-4-2-3-23(34-28)24-8-7-19-13-31-21(12-25(19)33-24)14-32-29(36)18-5-6-20-17-40-9-10-41(37,38)27(20)11-18/h2-8,11-13,22,26H,9-10,14-17H2,1H3,(H,32,36)/t22-,26+/m0/s1. The zero-order valence-corrected chi connectivity index (χ0v) is 23.1. The molecule has 0 radical (unpaired) electrons. The molecule has 1 saturated heterocycles. The van der Waals surface area contributed by atoms with E-state index in [0.29, 0.717) is 40.5 Å². The van der Waals surface area contributed by atoms with E-state index in [1.807, 2.05) is 35.2 Å². The van der Waals surface area contributed by atoms with Gasteiger partial charge >= 0.3 is 0 Å². The van der Waals surface area contributed by atoms with Gasteiger partial charge in [0.2, 0.25) is 0 Å². The number of anilines is 1. The molecular formula is C29H28FN5O5S. The number of hydrogen-bond donors (Lipinski definition) is 1. The molecule has 0 aliphatic carbocycles. The summed E-state index contributed by atoms with van der Waals surface area (Å²) in [7, 11) is -2.01. The topological polar surface area (TPSA) is 124 Å². The number of benzene rings is 1. The number of carbonyl (C=O) groups is 1. The minimum absolute atomic E-state index is 0.120. The van der Waals surface area contributed by atoms with Crippen LogP contribution in [-0.2, 0) is 32.5 Å². The van der Waals surface area contributed by atoms with Crippen LogP contribution in [0.25, 0.3) is 22.3 Å². The molecule has 3 aromatic heterocycles. The molecule has 12 heteroatoms. The predicted octanol–water partition coefficient (Wildman–Crippen LogP) is 3.10. The summed E-state index contributed by atoms with van der Waals surface area (Å²) in [5.41, 5.74) is 3.35. The average molecular weight is 578 g/mol. The van der Waals surface area contributed by atoms with Gasteiger partial charge in [-0.3, -0.25) is 9.78 Å². The minimum atomic E-state index is -3.52. The first-order valence-electron chi connectivity index (χ1n) is 13.2. The molecule has 2 atom stereocenters. The summed E-state index contributed by atoms with van der Waals surface area (Å²) in [5.74, 6) is 0.125. The van der Waals surface area contributed by atoms with Gasteiger partial charge in [0.1, 0.15) is 18.1 Å². The maximum absolute atomic E-state index is 14.2. The Morgan fingerprint density at radius 1 is 1.12 bits per heavy atom. The number of ether oxygens (including phenoxy) is 2. The van der Waals surface area contributed by atoms with Gasteiger partial charge in [0.15, 0.2) is 9.84 Å². The number of carbonyl (C=O) groups excluding carboxylic acids is 1. The van der Waals surface area contributed by atoms with Crippen molar-refractivity contribution in [3.8, 4) is 11.4 Å². The number of nitrogens with one attached hydrogen (secondary N) is 1. The third-order valence-electron chi connectivity index (χ3n) is 7.30. The molecule has 212 valence electrons. The Kier molecular flexibility index (Phi) is 7.37. The van der Waals surface area contributed by atoms with Crippen LogP contribution in [0.3, 0.4) is 0 Å². The molecule has 2 aliphatic rings. The largest absolute Gasteiger partial charge is 0.377 e. The van der Waals surface area contributed by atoms with Gasteiger partial charge in [-0.25, -0.2) is 22.8 Å². The molecule has 0 unspecified atom stereocenters. The Morgan fingerprint density at radius 2 is 1.98 bits per heavy atom. The van der Waals surface area contributed by atoms with E-state index < -0.39 is 28.0 Å². The molecule has 1 fully saturated rings. The van der Waals surface area contributed by atoms with E-state index in [4.69, 9.17) is 19.4 Å². The molecule has 4 aromatic rings. The van der Waals surface area contributed by atoms with Crippen LogP contribution in [-0.4, -0.2) is 74.1 Å². The van der Waals surface area contributed by atoms with Crippen LogP contribution in [0.15, 0.2) is 65.7 Å². The number of methoxy groups -OCH3 is 1. The van der Waals surface area contributed by atoms with Crippen LogP contribution in [0.1, 0.15) is 21.6 Å². The van der Waals surface area contributed by atoms with E-state index in [1.54, 1.807) is 24.4 Å². The lowest BCUT2D eigenvalue weighted by Crippen LogP contribution is -2.24. The number of hydrogen-bond acceptors (Lipinski definition) is 9. The first-order chi connectivity index (χ1) is 19.8. The zero-order valence-electron chi connectivity index (χ0n) is 22.3. The number of aromatic nitrogens is 3. The summed E-state index contributed by atoms with van der Waals surface area (Å²) in [5, 5.41) is 3.63. The maximum Gasteiger partial charge on any atom is 0.251 e. The molecule has 1 N–H and O–H groups in total. The van der Waals surface area contributed by atoms with E-state index in [0.717, 1.165) is 5.39 Å². The minimum Gasteiger partial charge on any atom is -0.377 e. The van der Waals surface area contributed by atoms with E-state index in [9.17, 15) is 17.6 Å². The summed E-state index contributed by atoms with van der Waals surface area (Å²) in [6, 6.07) is 15.7. The number of amides is 1. The second kappa shape index (κ2) is 11.1. The Bertz CT molecular complexity index is 1730. The number of alkyl halides is 1. The first-order valence-corrected chi connectivity index (χ1v) is 14.8. The van der Waals surface area contributed by atoms with Crippen molar-refractivity contribution in [3.05, 3.63) is 77.6 Å². The van der Waals surface area contributed by atoms with Gasteiger partial charge in [-0.1, -0.05) is 12.1 Å². The molecule has 41 heavy (non-hydrogen) atoms. The van der Waals surface area contributed by atoms with Crippen molar-refractivity contribution in [2.24, 2.45) is 0 Å². The smallest absolute Gasteiger partial charge is 0.251 e. The second-order valence-electron chi connectivity index (χ2n) is 10.0. The molecule has 1 amide bonds. The fourth-order valence-corrected chi connectivity index (χ4v) is 6.41. The van der Waals surface area contributed by atoms with Gasteiger partial charge in [-0.15, -0.1) is 0 Å². The molecule has 2 aliphatic heterocycles. The maximum atomic E-state index is 14.2. The number of nitrogens with zero attached hydrogens (tertiary/aromatic N) is 4. The van der Waals surface area contributed by atoms with Gasteiger partial charge in [0.25, 0.3) is 5.91 Å². The lowest BCUT2D eigenvalue weighted by molar-refractivity contribution is 0.0650. The van der Waals surface area contributed by atoms with Crippen molar-refractivity contribution in [2.75, 3.05) is 37.5 Å². The Hall–Kier alpha value is -4.00. The molecule has 6 rings (SSSR count). The fraction of sp³-hybridized carbons (Fsp3) is 0.310. The van der Waals surface area contributed by atoms with Crippen molar-refractivity contribution in [1.29, 1.82) is 0 Å². The van der Waals surface area contributed by atoms with Gasteiger partial charge in [-0.2, -0.15) is 0 Å². The third-order valence-corrected chi connectivity index (χ3v) is 9.06. The summed E-state index contributed by atoms with van der Waals surface area (Å²) in [4.78, 5) is 28.8. The summed E-state index contributed by atoms with van der Waals surface area (Å²) in [6.45, 7) is 1.08. The van der Waals surface area contributed by atoms with Crippen molar-refractivity contribution in [3.63, 3.8) is 0 Å². The summed E-state index contributed by atoms with van der Waals surface area (Å²) in [6.07, 6.45) is 0.128. The summed E-state index contributed by atoms with van der Waals surface area (Å²) < 4.78 is 49.9. The number of fused-ring (bicyclic) bond motifs is 2. The van der Waals surface area contributed by atoms with Crippen LogP contribution in [0.2, 0.25) is 0 Å². The Morgan fingerprint density at radius 3 is 2.80 bits per heavy atom. The number of rotatable bonds is 6. The van der Waals surface area contributed by atoms with Crippen molar-refractivity contribution >= 4 is 32.5 Å². The molecule has 0 spiro atoms. The average Bonchev–Trinajstić information content (AvgIpc) is 3.30. The normalized spacial score (nSPS) is 20.0. The van der Waals surface area contributed by atoms with Crippen LogP contribution in [0.4, 0.5) is 10.2 Å². The van der Waals surface area contributed by atoms with Gasteiger partial charge < -0.3 is 19.7 Å². The molecular weight excluding hydrogens is 549 g/mol. The summed E-state index contributed by atoms with van der Waals surface area (Å²) >= 11 is 0. The molecule has 10 nitrogen and oxygen atoms in total. The van der Waals surface area contributed by atoms with E-state index >= 15 is 0 Å². The van der Waals surface area contributed by atoms with Gasteiger partial charge in [-0.05, 0) is 48.0 Å². The van der Waals surface area contributed by atoms with E-state index in [1.165, 1.54) is 13.2 Å². The van der Waals surface area contributed by atoms with E-state index in [-0.39, 0.29) is 42.5 Å². The first kappa shape index (κ1) is 27.2. The highest BCUT2D eigenvalue weighted by molar-refractivity contribution is 7.91. The monoisotopic (exact) mass is 577 g/mol. The third kappa shape index (κ3) is 5.63. The molecule has 0 saturated carbocycles. The van der Waals surface area contributed by atoms with Crippen LogP contribution in [0, 0.1) is 0 Å². The number of sulfone groups is 1. The van der Waals surface area contributed by atoms with Crippen molar-refractivity contribution in [2.45, 2.75) is 30.3 Å². The zero-order chi connectivity index (χ0) is 28.6. The van der Waals surface area contributed by atoms with Crippen LogP contribution in [0.5, 0.6) is 0 Å².